The first-order chi connectivity index (χ1) is 10.4. The van der Waals surface area contributed by atoms with Crippen LogP contribution in [0, 0.1) is 6.92 Å². The molecule has 1 aliphatic heterocycles. The standard InChI is InChI=1S/C20H23NO/c1-15-8-7-9-16(14-15)12-13-20(22)19(2,3)17-10-5-6-11-18(17)21(20)4/h5-14,22H,1-4H3/b13-12-. The first kappa shape index (κ1) is 14.9. The van der Waals surface area contributed by atoms with Gasteiger partial charge in [0.1, 0.15) is 0 Å². The molecule has 0 saturated heterocycles. The van der Waals surface area contributed by atoms with Crippen LogP contribution in [0.4, 0.5) is 5.69 Å². The van der Waals surface area contributed by atoms with Crippen molar-refractivity contribution >= 4 is 11.8 Å². The third-order valence-corrected chi connectivity index (χ3v) is 4.92. The average Bonchev–Trinajstić information content (AvgIpc) is 2.65. The SMILES string of the molecule is Cc1cccc(/C=C\C2(O)N(C)c3ccccc3C2(C)C)c1. The van der Waals surface area contributed by atoms with Crippen molar-refractivity contribution < 1.29 is 5.11 Å². The zero-order valence-electron chi connectivity index (χ0n) is 13.7. The van der Waals surface area contributed by atoms with Crippen molar-refractivity contribution in [2.45, 2.75) is 31.9 Å². The van der Waals surface area contributed by atoms with Gasteiger partial charge < -0.3 is 10.0 Å². The van der Waals surface area contributed by atoms with Crippen molar-refractivity contribution in [3.8, 4) is 0 Å². The van der Waals surface area contributed by atoms with Crippen LogP contribution in [0.25, 0.3) is 6.08 Å². The number of para-hydroxylation sites is 1. The second-order valence-corrected chi connectivity index (χ2v) is 6.67. The van der Waals surface area contributed by atoms with E-state index in [9.17, 15) is 5.11 Å². The highest BCUT2D eigenvalue weighted by atomic mass is 16.3. The second-order valence-electron chi connectivity index (χ2n) is 6.67. The Kier molecular flexibility index (Phi) is 3.37. The van der Waals surface area contributed by atoms with Crippen LogP contribution < -0.4 is 4.90 Å². The second kappa shape index (κ2) is 4.99. The Hall–Kier alpha value is -2.06. The summed E-state index contributed by atoms with van der Waals surface area (Å²) >= 11 is 0. The van der Waals surface area contributed by atoms with Crippen LogP contribution in [0.15, 0.2) is 54.6 Å². The molecule has 0 amide bonds. The molecule has 1 atom stereocenters. The van der Waals surface area contributed by atoms with Crippen LogP contribution in [-0.2, 0) is 5.41 Å². The molecule has 2 aromatic rings. The van der Waals surface area contributed by atoms with Gasteiger partial charge in [-0.15, -0.1) is 0 Å². The summed E-state index contributed by atoms with van der Waals surface area (Å²) in [6.45, 7) is 6.26. The third kappa shape index (κ3) is 2.06. The summed E-state index contributed by atoms with van der Waals surface area (Å²) in [6.07, 6.45) is 3.93. The normalized spacial score (nSPS) is 23.0. The summed E-state index contributed by atoms with van der Waals surface area (Å²) < 4.78 is 0. The molecule has 1 N–H and O–H groups in total. The molecule has 2 heteroatoms. The lowest BCUT2D eigenvalue weighted by Crippen LogP contribution is -2.52. The Balaban J connectivity index is 2.03. The molecule has 1 unspecified atom stereocenters. The molecule has 22 heavy (non-hydrogen) atoms. The van der Waals surface area contributed by atoms with Crippen molar-refractivity contribution in [2.75, 3.05) is 11.9 Å². The summed E-state index contributed by atoms with van der Waals surface area (Å²) in [6, 6.07) is 16.5. The van der Waals surface area contributed by atoms with E-state index < -0.39 is 5.72 Å². The molecule has 1 heterocycles. The fraction of sp³-hybridized carbons (Fsp3) is 0.300. The Bertz CT molecular complexity index is 732. The number of hydrogen-bond acceptors (Lipinski definition) is 2. The summed E-state index contributed by atoms with van der Waals surface area (Å²) in [4.78, 5) is 1.97. The van der Waals surface area contributed by atoms with Crippen molar-refractivity contribution in [3.05, 3.63) is 71.3 Å². The minimum Gasteiger partial charge on any atom is -0.366 e. The maximum absolute atomic E-state index is 11.4. The first-order valence-electron chi connectivity index (χ1n) is 7.68. The lowest BCUT2D eigenvalue weighted by Gasteiger charge is -2.39. The molecule has 0 fully saturated rings. The highest BCUT2D eigenvalue weighted by Crippen LogP contribution is 2.50. The highest BCUT2D eigenvalue weighted by molar-refractivity contribution is 5.68. The number of fused-ring (bicyclic) bond motifs is 1. The van der Waals surface area contributed by atoms with Gasteiger partial charge in [-0.05, 0) is 30.2 Å². The van der Waals surface area contributed by atoms with E-state index in [1.54, 1.807) is 0 Å². The van der Waals surface area contributed by atoms with Crippen LogP contribution >= 0.6 is 0 Å². The smallest absolute Gasteiger partial charge is 0.166 e. The lowest BCUT2D eigenvalue weighted by molar-refractivity contribution is 0.0348. The minimum atomic E-state index is -1.04. The van der Waals surface area contributed by atoms with Crippen LogP contribution in [0.5, 0.6) is 0 Å². The quantitative estimate of drug-likeness (QED) is 0.900. The Morgan fingerprint density at radius 2 is 1.77 bits per heavy atom. The van der Waals surface area contributed by atoms with Crippen LogP contribution in [0.1, 0.15) is 30.5 Å². The van der Waals surface area contributed by atoms with Gasteiger partial charge in [0, 0.05) is 18.2 Å². The first-order valence-corrected chi connectivity index (χ1v) is 7.68. The summed E-state index contributed by atoms with van der Waals surface area (Å²) in [5, 5.41) is 11.4. The van der Waals surface area contributed by atoms with Crippen molar-refractivity contribution in [1.29, 1.82) is 0 Å². The fourth-order valence-corrected chi connectivity index (χ4v) is 3.40. The van der Waals surface area contributed by atoms with Crippen molar-refractivity contribution in [3.63, 3.8) is 0 Å². The van der Waals surface area contributed by atoms with Crippen LogP contribution in [0.3, 0.4) is 0 Å². The number of likely N-dealkylation sites (N-methyl/N-ethyl adjacent to an activating group) is 1. The van der Waals surface area contributed by atoms with Crippen LogP contribution in [-0.4, -0.2) is 17.9 Å². The van der Waals surface area contributed by atoms with E-state index in [1.165, 1.54) is 11.1 Å². The molecule has 0 aromatic heterocycles. The van der Waals surface area contributed by atoms with Crippen LogP contribution in [0.2, 0.25) is 0 Å². The molecule has 3 rings (SSSR count). The number of nitrogens with zero attached hydrogens (tertiary/aromatic N) is 1. The monoisotopic (exact) mass is 293 g/mol. The average molecular weight is 293 g/mol. The number of aliphatic hydroxyl groups is 1. The topological polar surface area (TPSA) is 23.5 Å². The van der Waals surface area contributed by atoms with E-state index in [1.807, 2.05) is 42.3 Å². The van der Waals surface area contributed by atoms with Gasteiger partial charge in [0.05, 0.1) is 0 Å². The van der Waals surface area contributed by atoms with E-state index >= 15 is 0 Å². The third-order valence-electron chi connectivity index (χ3n) is 4.92. The van der Waals surface area contributed by atoms with E-state index in [-0.39, 0.29) is 5.41 Å². The van der Waals surface area contributed by atoms with Gasteiger partial charge in [0.25, 0.3) is 0 Å². The predicted octanol–water partition coefficient (Wildman–Crippen LogP) is 4.12. The van der Waals surface area contributed by atoms with Gasteiger partial charge in [0.2, 0.25) is 0 Å². The van der Waals surface area contributed by atoms with Gasteiger partial charge in [0.15, 0.2) is 5.72 Å². The van der Waals surface area contributed by atoms with Gasteiger partial charge >= 0.3 is 0 Å². The zero-order valence-corrected chi connectivity index (χ0v) is 13.7. The summed E-state index contributed by atoms with van der Waals surface area (Å²) in [7, 11) is 1.95. The van der Waals surface area contributed by atoms with Crippen molar-refractivity contribution in [2.24, 2.45) is 0 Å². The Morgan fingerprint density at radius 1 is 1.05 bits per heavy atom. The molecule has 0 radical (unpaired) electrons. The minimum absolute atomic E-state index is 0.376. The molecule has 0 spiro atoms. The number of anilines is 1. The fourth-order valence-electron chi connectivity index (χ4n) is 3.40. The van der Waals surface area contributed by atoms with E-state index in [4.69, 9.17) is 0 Å². The van der Waals surface area contributed by atoms with Gasteiger partial charge in [-0.25, -0.2) is 0 Å². The van der Waals surface area contributed by atoms with E-state index in [2.05, 4.69) is 51.1 Å². The highest BCUT2D eigenvalue weighted by Gasteiger charge is 2.53. The number of hydrogen-bond donors (Lipinski definition) is 1. The molecule has 114 valence electrons. The van der Waals surface area contributed by atoms with Gasteiger partial charge in [-0.1, -0.05) is 68.0 Å². The molecule has 0 bridgehead atoms. The lowest BCUT2D eigenvalue weighted by atomic mass is 9.77. The summed E-state index contributed by atoms with van der Waals surface area (Å²) in [5.41, 5.74) is 3.17. The van der Waals surface area contributed by atoms with E-state index in [0.29, 0.717) is 0 Å². The number of rotatable bonds is 2. The molecule has 0 saturated carbocycles. The van der Waals surface area contributed by atoms with E-state index in [0.717, 1.165) is 11.3 Å². The molecule has 2 nitrogen and oxygen atoms in total. The Morgan fingerprint density at radius 3 is 2.45 bits per heavy atom. The zero-order chi connectivity index (χ0) is 16.0. The molecule has 1 aliphatic rings. The predicted molar refractivity (Wildman–Crippen MR) is 93.0 cm³/mol. The summed E-state index contributed by atoms with van der Waals surface area (Å²) in [5.74, 6) is 0. The molecular formula is C20H23NO. The van der Waals surface area contributed by atoms with Gasteiger partial charge in [-0.3, -0.25) is 0 Å². The number of benzene rings is 2. The number of aryl methyl sites for hydroxylation is 1. The van der Waals surface area contributed by atoms with Gasteiger partial charge in [-0.2, -0.15) is 0 Å². The maximum atomic E-state index is 11.4. The molecular weight excluding hydrogens is 270 g/mol. The Labute approximate surface area is 132 Å². The molecule has 2 aromatic carbocycles. The maximum Gasteiger partial charge on any atom is 0.166 e. The van der Waals surface area contributed by atoms with Crippen molar-refractivity contribution in [1.82, 2.24) is 0 Å². The molecule has 0 aliphatic carbocycles. The largest absolute Gasteiger partial charge is 0.366 e.